The smallest absolute Gasteiger partial charge is 0.417 e. The number of hydrogen-bond donors (Lipinski definition) is 0. The molecule has 0 atom stereocenters. The van der Waals surface area contributed by atoms with E-state index in [0.29, 0.717) is 55.7 Å². The minimum atomic E-state index is -4.52. The van der Waals surface area contributed by atoms with Gasteiger partial charge in [-0.25, -0.2) is 4.79 Å². The second-order valence-electron chi connectivity index (χ2n) is 9.42. The molecule has 1 saturated heterocycles. The highest BCUT2D eigenvalue weighted by Gasteiger charge is 2.35. The Morgan fingerprint density at radius 1 is 1.06 bits per heavy atom. The molecule has 1 aliphatic rings. The van der Waals surface area contributed by atoms with Crippen LogP contribution in [0.1, 0.15) is 26.3 Å². The molecule has 0 spiro atoms. The van der Waals surface area contributed by atoms with E-state index >= 15 is 0 Å². The minimum Gasteiger partial charge on any atom is -0.497 e. The van der Waals surface area contributed by atoms with Gasteiger partial charge in [-0.2, -0.15) is 13.2 Å². The molecule has 2 aromatic heterocycles. The van der Waals surface area contributed by atoms with Crippen LogP contribution in [-0.2, 0) is 17.5 Å². The third kappa shape index (κ3) is 4.91. The Balaban J connectivity index is 1.58. The fourth-order valence-electron chi connectivity index (χ4n) is 4.34. The van der Waals surface area contributed by atoms with Crippen LogP contribution in [-0.4, -0.2) is 70.9 Å². The zero-order valence-corrected chi connectivity index (χ0v) is 19.8. The van der Waals surface area contributed by atoms with Crippen LogP contribution in [0.5, 0.6) is 5.75 Å². The molecule has 7 nitrogen and oxygen atoms in total. The number of alkyl halides is 3. The van der Waals surface area contributed by atoms with Crippen molar-refractivity contribution in [3.05, 3.63) is 36.2 Å². The van der Waals surface area contributed by atoms with Gasteiger partial charge in [0.25, 0.3) is 0 Å². The van der Waals surface area contributed by atoms with E-state index < -0.39 is 17.3 Å². The number of benzene rings is 1. The number of carbonyl (C=O) groups is 1. The molecule has 1 aliphatic heterocycles. The van der Waals surface area contributed by atoms with Gasteiger partial charge in [0, 0.05) is 62.3 Å². The number of amides is 1. The van der Waals surface area contributed by atoms with Gasteiger partial charge in [-0.05, 0) is 32.9 Å². The summed E-state index contributed by atoms with van der Waals surface area (Å²) in [5.41, 5.74) is -0.164. The zero-order valence-electron chi connectivity index (χ0n) is 19.8. The second-order valence-corrected chi connectivity index (χ2v) is 9.42. The normalized spacial score (nSPS) is 15.8. The average Bonchev–Trinajstić information content (AvgIpc) is 3.09. The Hall–Kier alpha value is -3.01. The standard InChI is InChI=1S/C24H29F3N4O3/c1-23(2,3)34-22(32)30-10-7-29(8-11-30)9-12-31-19-14-16(33-4)13-18(24(25,26)27)21(19)17-5-6-28-15-20(17)31/h5-6,13-15H,7-12H2,1-4H3. The number of halogens is 3. The first-order chi connectivity index (χ1) is 16.0. The maximum absolute atomic E-state index is 13.9. The molecule has 184 valence electrons. The van der Waals surface area contributed by atoms with Gasteiger partial charge in [-0.3, -0.25) is 9.88 Å². The van der Waals surface area contributed by atoms with Crippen LogP contribution >= 0.6 is 0 Å². The van der Waals surface area contributed by atoms with Gasteiger partial charge < -0.3 is 18.9 Å². The lowest BCUT2D eigenvalue weighted by atomic mass is 10.1. The number of hydrogen-bond acceptors (Lipinski definition) is 5. The van der Waals surface area contributed by atoms with Crippen LogP contribution in [0, 0.1) is 0 Å². The number of methoxy groups -OCH3 is 1. The SMILES string of the molecule is COc1cc(C(F)(F)F)c2c3ccncc3n(CCN3CCN(C(=O)OC(C)(C)C)CC3)c2c1. The van der Waals surface area contributed by atoms with E-state index in [9.17, 15) is 18.0 Å². The maximum atomic E-state index is 13.9. The summed E-state index contributed by atoms with van der Waals surface area (Å²) >= 11 is 0. The number of nitrogens with zero attached hydrogens (tertiary/aromatic N) is 4. The Kier molecular flexibility index (Phi) is 6.37. The van der Waals surface area contributed by atoms with Gasteiger partial charge in [0.15, 0.2) is 0 Å². The first-order valence-electron chi connectivity index (χ1n) is 11.2. The highest BCUT2D eigenvalue weighted by atomic mass is 19.4. The lowest BCUT2D eigenvalue weighted by Gasteiger charge is -2.35. The van der Waals surface area contributed by atoms with Crippen molar-refractivity contribution in [3.8, 4) is 5.75 Å². The first-order valence-corrected chi connectivity index (χ1v) is 11.2. The molecule has 1 aromatic carbocycles. The molecule has 0 aliphatic carbocycles. The van der Waals surface area contributed by atoms with Crippen LogP contribution in [0.15, 0.2) is 30.6 Å². The summed E-state index contributed by atoms with van der Waals surface area (Å²) in [6.07, 6.45) is -1.74. The van der Waals surface area contributed by atoms with Gasteiger partial charge in [0.05, 0.1) is 29.9 Å². The maximum Gasteiger partial charge on any atom is 0.417 e. The van der Waals surface area contributed by atoms with Crippen molar-refractivity contribution < 1.29 is 27.4 Å². The van der Waals surface area contributed by atoms with Crippen molar-refractivity contribution in [2.75, 3.05) is 39.8 Å². The number of ether oxygens (including phenoxy) is 2. The molecule has 0 saturated carbocycles. The van der Waals surface area contributed by atoms with Crippen molar-refractivity contribution in [1.29, 1.82) is 0 Å². The molecule has 0 bridgehead atoms. The molecule has 34 heavy (non-hydrogen) atoms. The highest BCUT2D eigenvalue weighted by Crippen LogP contribution is 2.42. The van der Waals surface area contributed by atoms with Crippen molar-refractivity contribution in [3.63, 3.8) is 0 Å². The van der Waals surface area contributed by atoms with E-state index in [4.69, 9.17) is 9.47 Å². The summed E-state index contributed by atoms with van der Waals surface area (Å²) in [6, 6.07) is 4.31. The van der Waals surface area contributed by atoms with E-state index in [-0.39, 0.29) is 17.2 Å². The largest absolute Gasteiger partial charge is 0.497 e. The number of aromatic nitrogens is 2. The summed E-state index contributed by atoms with van der Waals surface area (Å²) in [4.78, 5) is 20.3. The Labute approximate surface area is 196 Å². The molecular formula is C24H29F3N4O3. The number of rotatable bonds is 4. The molecule has 1 fully saturated rings. The summed E-state index contributed by atoms with van der Waals surface area (Å²) < 4.78 is 54.3. The van der Waals surface area contributed by atoms with Gasteiger partial charge in [0.2, 0.25) is 0 Å². The van der Waals surface area contributed by atoms with E-state index in [1.54, 1.807) is 23.2 Å². The summed E-state index contributed by atoms with van der Waals surface area (Å²) in [5.74, 6) is 0.155. The predicted molar refractivity (Wildman–Crippen MR) is 123 cm³/mol. The number of fused-ring (bicyclic) bond motifs is 3. The highest BCUT2D eigenvalue weighted by molar-refractivity contribution is 6.10. The van der Waals surface area contributed by atoms with Gasteiger partial charge in [0.1, 0.15) is 11.4 Å². The quantitative estimate of drug-likeness (QED) is 0.541. The minimum absolute atomic E-state index is 0.153. The average molecular weight is 479 g/mol. The number of carbonyl (C=O) groups excluding carboxylic acids is 1. The zero-order chi connectivity index (χ0) is 24.7. The first kappa shape index (κ1) is 24.1. The van der Waals surface area contributed by atoms with E-state index in [1.807, 2.05) is 25.3 Å². The van der Waals surface area contributed by atoms with Crippen LogP contribution in [0.25, 0.3) is 21.8 Å². The van der Waals surface area contributed by atoms with Crippen LogP contribution < -0.4 is 4.74 Å². The Morgan fingerprint density at radius 3 is 2.38 bits per heavy atom. The van der Waals surface area contributed by atoms with Crippen molar-refractivity contribution in [2.24, 2.45) is 0 Å². The molecule has 3 aromatic rings. The van der Waals surface area contributed by atoms with Crippen LogP contribution in [0.2, 0.25) is 0 Å². The lowest BCUT2D eigenvalue weighted by molar-refractivity contribution is -0.136. The fraction of sp³-hybridized carbons (Fsp3) is 0.500. The van der Waals surface area contributed by atoms with E-state index in [0.717, 1.165) is 6.07 Å². The second kappa shape index (κ2) is 8.98. The Morgan fingerprint density at radius 2 is 1.76 bits per heavy atom. The molecule has 0 unspecified atom stereocenters. The molecule has 0 radical (unpaired) electrons. The topological polar surface area (TPSA) is 59.8 Å². The number of pyridine rings is 1. The van der Waals surface area contributed by atoms with Crippen molar-refractivity contribution in [1.82, 2.24) is 19.4 Å². The van der Waals surface area contributed by atoms with Crippen LogP contribution in [0.4, 0.5) is 18.0 Å². The van der Waals surface area contributed by atoms with E-state index in [2.05, 4.69) is 9.88 Å². The number of piperazine rings is 1. The monoisotopic (exact) mass is 478 g/mol. The predicted octanol–water partition coefficient (Wildman–Crippen LogP) is 4.77. The molecule has 4 rings (SSSR count). The van der Waals surface area contributed by atoms with Gasteiger partial charge in [-0.1, -0.05) is 0 Å². The fourth-order valence-corrected chi connectivity index (χ4v) is 4.34. The summed E-state index contributed by atoms with van der Waals surface area (Å²) in [7, 11) is 1.36. The van der Waals surface area contributed by atoms with Gasteiger partial charge >= 0.3 is 12.3 Å². The van der Waals surface area contributed by atoms with Crippen LogP contribution in [0.3, 0.4) is 0 Å². The Bertz CT molecular complexity index is 1190. The summed E-state index contributed by atoms with van der Waals surface area (Å²) in [5, 5.41) is 0.662. The molecule has 10 heteroatoms. The van der Waals surface area contributed by atoms with Gasteiger partial charge in [-0.15, -0.1) is 0 Å². The molecule has 3 heterocycles. The van der Waals surface area contributed by atoms with E-state index in [1.165, 1.54) is 13.3 Å². The molecule has 1 amide bonds. The van der Waals surface area contributed by atoms with Crippen molar-refractivity contribution in [2.45, 2.75) is 39.1 Å². The molecular weight excluding hydrogens is 449 g/mol. The summed E-state index contributed by atoms with van der Waals surface area (Å²) in [6.45, 7) is 8.99. The third-order valence-corrected chi connectivity index (χ3v) is 5.95. The molecule has 0 N–H and O–H groups in total. The third-order valence-electron chi connectivity index (χ3n) is 5.95. The van der Waals surface area contributed by atoms with Crippen molar-refractivity contribution >= 4 is 27.9 Å². The lowest BCUT2D eigenvalue weighted by Crippen LogP contribution is -2.50.